The Kier molecular flexibility index (Phi) is 13.8. The lowest BCUT2D eigenvalue weighted by atomic mass is 9.80. The number of rotatable bonds is 15. The van der Waals surface area contributed by atoms with Gasteiger partial charge in [-0.3, -0.25) is 0 Å². The molecule has 52 heavy (non-hydrogen) atoms. The summed E-state index contributed by atoms with van der Waals surface area (Å²) >= 11 is 0. The lowest BCUT2D eigenvalue weighted by molar-refractivity contribution is -0.697. The van der Waals surface area contributed by atoms with Gasteiger partial charge in [-0.15, -0.1) is 0 Å². The molecule has 0 aliphatic heterocycles. The number of hydrogen-bond acceptors (Lipinski definition) is 2. The molecule has 0 unspecified atom stereocenters. The molecule has 0 N–H and O–H groups in total. The maximum absolute atomic E-state index is 6.27. The number of unbranched alkanes of at least 4 members (excludes halogenated alkanes) is 4. The molecule has 0 aliphatic rings. The third-order valence-electron chi connectivity index (χ3n) is 10.1. The minimum absolute atomic E-state index is 0.101. The Hall–Kier alpha value is -3.66. The first kappa shape index (κ1) is 41.1. The van der Waals surface area contributed by atoms with Crippen LogP contribution in [0.15, 0.2) is 85.5 Å². The van der Waals surface area contributed by atoms with Crippen LogP contribution in [0.5, 0.6) is 11.5 Å². The Morgan fingerprint density at radius 2 is 0.673 bits per heavy atom. The van der Waals surface area contributed by atoms with Crippen molar-refractivity contribution in [1.29, 1.82) is 0 Å². The monoisotopic (exact) mass is 707 g/mol. The topological polar surface area (TPSA) is 26.2 Å². The molecule has 0 radical (unpaired) electrons. The van der Waals surface area contributed by atoms with E-state index in [1.807, 2.05) is 0 Å². The summed E-state index contributed by atoms with van der Waals surface area (Å²) in [6.07, 6.45) is 15.6. The second-order valence-corrected chi connectivity index (χ2v) is 19.0. The Labute approximate surface area is 317 Å². The van der Waals surface area contributed by atoms with Crippen LogP contribution in [0, 0.1) is 0 Å². The van der Waals surface area contributed by atoms with E-state index in [0.717, 1.165) is 76.3 Å². The Bertz CT molecular complexity index is 1500. The van der Waals surface area contributed by atoms with E-state index in [0.29, 0.717) is 0 Å². The van der Waals surface area contributed by atoms with Gasteiger partial charge in [-0.2, -0.15) is 0 Å². The molecule has 0 spiro atoms. The van der Waals surface area contributed by atoms with Gasteiger partial charge in [0.1, 0.15) is 24.6 Å². The molecular formula is C48H70N2O2+2. The Balaban J connectivity index is 1.15. The summed E-state index contributed by atoms with van der Waals surface area (Å²) in [5, 5.41) is 0. The number of aryl methyl sites for hydroxylation is 2. The molecular weight excluding hydrogens is 637 g/mol. The zero-order valence-corrected chi connectivity index (χ0v) is 34.9. The van der Waals surface area contributed by atoms with Gasteiger partial charge in [0.15, 0.2) is 24.8 Å². The highest BCUT2D eigenvalue weighted by atomic mass is 16.5. The van der Waals surface area contributed by atoms with Gasteiger partial charge in [0.2, 0.25) is 0 Å². The van der Waals surface area contributed by atoms with Crippen LogP contribution in [-0.2, 0) is 34.7 Å². The molecule has 4 aromatic rings. The molecule has 0 saturated carbocycles. The van der Waals surface area contributed by atoms with E-state index in [-0.39, 0.29) is 21.7 Å². The average molecular weight is 707 g/mol. The van der Waals surface area contributed by atoms with E-state index in [4.69, 9.17) is 9.47 Å². The normalized spacial score (nSPS) is 12.6. The molecule has 0 saturated heterocycles. The summed E-state index contributed by atoms with van der Waals surface area (Å²) in [5.41, 5.74) is 8.27. The number of pyridine rings is 2. The fourth-order valence-electron chi connectivity index (χ4n) is 6.22. The predicted molar refractivity (Wildman–Crippen MR) is 219 cm³/mol. The highest BCUT2D eigenvalue weighted by Gasteiger charge is 2.22. The van der Waals surface area contributed by atoms with Gasteiger partial charge in [-0.25, -0.2) is 9.13 Å². The van der Waals surface area contributed by atoms with Crippen molar-refractivity contribution in [3.05, 3.63) is 108 Å². The van der Waals surface area contributed by atoms with Crippen LogP contribution in [0.2, 0.25) is 0 Å². The van der Waals surface area contributed by atoms with Gasteiger partial charge in [0.25, 0.3) is 0 Å². The van der Waals surface area contributed by atoms with Crippen molar-refractivity contribution < 1.29 is 18.6 Å². The lowest BCUT2D eigenvalue weighted by Crippen LogP contribution is -2.33. The zero-order chi connectivity index (χ0) is 38.2. The third-order valence-corrected chi connectivity index (χ3v) is 10.1. The molecule has 0 atom stereocenters. The minimum atomic E-state index is 0.101. The van der Waals surface area contributed by atoms with Crippen molar-refractivity contribution in [3.63, 3.8) is 0 Å². The maximum Gasteiger partial charge on any atom is 0.169 e. The van der Waals surface area contributed by atoms with Crippen molar-refractivity contribution in [1.82, 2.24) is 0 Å². The predicted octanol–water partition coefficient (Wildman–Crippen LogP) is 11.6. The van der Waals surface area contributed by atoms with Crippen LogP contribution in [0.3, 0.4) is 0 Å². The van der Waals surface area contributed by atoms with Crippen LogP contribution < -0.4 is 18.6 Å². The second-order valence-electron chi connectivity index (χ2n) is 19.0. The van der Waals surface area contributed by atoms with Gasteiger partial charge < -0.3 is 9.47 Å². The molecule has 2 aromatic heterocycles. The average Bonchev–Trinajstić information content (AvgIpc) is 3.06. The first-order chi connectivity index (χ1) is 24.3. The summed E-state index contributed by atoms with van der Waals surface area (Å²) in [6.45, 7) is 30.8. The quantitative estimate of drug-likeness (QED) is 0.0908. The van der Waals surface area contributed by atoms with Crippen LogP contribution in [-0.4, -0.2) is 13.2 Å². The fraction of sp³-hybridized carbons (Fsp3) is 0.542. The van der Waals surface area contributed by atoms with Gasteiger partial charge >= 0.3 is 0 Å². The summed E-state index contributed by atoms with van der Waals surface area (Å²) in [6, 6.07) is 22.6. The van der Waals surface area contributed by atoms with E-state index >= 15 is 0 Å². The van der Waals surface area contributed by atoms with Crippen LogP contribution in [0.25, 0.3) is 11.1 Å². The van der Waals surface area contributed by atoms with Crippen molar-refractivity contribution in [2.24, 2.45) is 0 Å². The molecule has 0 amide bonds. The molecule has 4 rings (SSSR count). The van der Waals surface area contributed by atoms with E-state index < -0.39 is 0 Å². The van der Waals surface area contributed by atoms with Crippen molar-refractivity contribution in [2.75, 3.05) is 13.2 Å². The number of nitrogens with zero attached hydrogens (tertiary/aromatic N) is 2. The summed E-state index contributed by atoms with van der Waals surface area (Å²) < 4.78 is 17.1. The van der Waals surface area contributed by atoms with Gasteiger partial charge in [0, 0.05) is 37.1 Å². The number of benzene rings is 2. The van der Waals surface area contributed by atoms with Crippen LogP contribution in [0.1, 0.15) is 144 Å². The van der Waals surface area contributed by atoms with Crippen molar-refractivity contribution in [2.45, 2.75) is 156 Å². The zero-order valence-electron chi connectivity index (χ0n) is 34.9. The lowest BCUT2D eigenvalue weighted by Gasteiger charge is -2.26. The highest BCUT2D eigenvalue weighted by molar-refractivity contribution is 5.61. The summed E-state index contributed by atoms with van der Waals surface area (Å²) in [4.78, 5) is 0. The maximum atomic E-state index is 6.27. The molecule has 282 valence electrons. The minimum Gasteiger partial charge on any atom is -0.494 e. The largest absolute Gasteiger partial charge is 0.494 e. The van der Waals surface area contributed by atoms with Crippen molar-refractivity contribution >= 4 is 0 Å². The smallest absolute Gasteiger partial charge is 0.169 e. The summed E-state index contributed by atoms with van der Waals surface area (Å²) in [5.74, 6) is 2.01. The molecule has 4 nitrogen and oxygen atoms in total. The van der Waals surface area contributed by atoms with Crippen molar-refractivity contribution in [3.8, 4) is 22.6 Å². The van der Waals surface area contributed by atoms with Crippen LogP contribution >= 0.6 is 0 Å². The SMILES string of the molecule is CC(C)(C)c1cc(OCCCCC[n+]2ccc(-c3cc[n+](CCCCCOc4cc(C(C)(C)C)cc(C(C)(C)C)c4)cc3)cc2)cc(C(C)(C)C)c1. The molecule has 2 heterocycles. The van der Waals surface area contributed by atoms with E-state index in [1.165, 1.54) is 33.4 Å². The Morgan fingerprint density at radius 1 is 0.385 bits per heavy atom. The number of hydrogen-bond donors (Lipinski definition) is 0. The van der Waals surface area contributed by atoms with Gasteiger partial charge in [-0.1, -0.05) is 95.2 Å². The van der Waals surface area contributed by atoms with E-state index in [1.54, 1.807) is 0 Å². The molecule has 2 aromatic carbocycles. The van der Waals surface area contributed by atoms with E-state index in [2.05, 4.69) is 178 Å². The first-order valence-electron chi connectivity index (χ1n) is 19.9. The highest BCUT2D eigenvalue weighted by Crippen LogP contribution is 2.34. The molecule has 0 fully saturated rings. The third kappa shape index (κ3) is 12.8. The fourth-order valence-corrected chi connectivity index (χ4v) is 6.22. The first-order valence-corrected chi connectivity index (χ1v) is 19.9. The molecule has 0 bridgehead atoms. The number of aromatic nitrogens is 2. The van der Waals surface area contributed by atoms with Gasteiger partial charge in [0.05, 0.1) is 13.2 Å². The van der Waals surface area contributed by atoms with Crippen LogP contribution in [0.4, 0.5) is 0 Å². The summed E-state index contributed by atoms with van der Waals surface area (Å²) in [7, 11) is 0. The molecule has 4 heteroatoms. The Morgan fingerprint density at radius 3 is 0.942 bits per heavy atom. The van der Waals surface area contributed by atoms with Gasteiger partial charge in [-0.05, 0) is 105 Å². The number of ether oxygens (including phenoxy) is 2. The molecule has 0 aliphatic carbocycles. The second kappa shape index (κ2) is 17.4. The standard InChI is InChI=1S/C48H70N2O2/c1-45(2,3)39-31-40(46(4,5)6)34-43(33-39)51-29-17-13-15-23-49-25-19-37(20-26-49)38-21-27-50(28-22-38)24-16-14-18-30-52-44-35-41(47(7,8)9)32-42(36-44)48(10,11)12/h19-22,25-28,31-36H,13-18,23-24,29-30H2,1-12H3/q+2. The van der Waals surface area contributed by atoms with E-state index in [9.17, 15) is 0 Å².